The predicted molar refractivity (Wildman–Crippen MR) is 113 cm³/mol. The summed E-state index contributed by atoms with van der Waals surface area (Å²) in [7, 11) is 0. The molecule has 0 fully saturated rings. The van der Waals surface area contributed by atoms with Crippen molar-refractivity contribution in [1.82, 2.24) is 9.80 Å². The predicted octanol–water partition coefficient (Wildman–Crippen LogP) is 3.12. The number of amides is 3. The van der Waals surface area contributed by atoms with Crippen molar-refractivity contribution in [1.29, 1.82) is 0 Å². The van der Waals surface area contributed by atoms with Crippen molar-refractivity contribution in [3.05, 3.63) is 58.1 Å². The molecule has 7 nitrogen and oxygen atoms in total. The van der Waals surface area contributed by atoms with Crippen LogP contribution in [0.25, 0.3) is 0 Å². The Morgan fingerprint density at radius 2 is 1.87 bits per heavy atom. The largest absolute Gasteiger partial charge is 0.486 e. The van der Waals surface area contributed by atoms with Gasteiger partial charge in [-0.3, -0.25) is 19.3 Å². The van der Waals surface area contributed by atoms with Crippen LogP contribution in [-0.2, 0) is 4.79 Å². The maximum absolute atomic E-state index is 12.8. The van der Waals surface area contributed by atoms with E-state index < -0.39 is 0 Å². The molecule has 30 heavy (non-hydrogen) atoms. The SMILES string of the molecule is CCN(CC1COc2ccccc2O1)C(=O)CCN1C(=O)c2ccc(Br)cc2C1=O. The Labute approximate surface area is 182 Å². The summed E-state index contributed by atoms with van der Waals surface area (Å²) in [6, 6.07) is 12.4. The first kappa shape index (κ1) is 20.4. The van der Waals surface area contributed by atoms with Crippen molar-refractivity contribution < 1.29 is 23.9 Å². The van der Waals surface area contributed by atoms with E-state index in [9.17, 15) is 14.4 Å². The number of nitrogens with zero attached hydrogens (tertiary/aromatic N) is 2. The number of halogens is 1. The summed E-state index contributed by atoms with van der Waals surface area (Å²) in [5.41, 5.74) is 0.731. The van der Waals surface area contributed by atoms with Gasteiger partial charge >= 0.3 is 0 Å². The van der Waals surface area contributed by atoms with Gasteiger partial charge in [-0.1, -0.05) is 28.1 Å². The first-order valence-corrected chi connectivity index (χ1v) is 10.6. The van der Waals surface area contributed by atoms with Crippen LogP contribution in [0.2, 0.25) is 0 Å². The van der Waals surface area contributed by atoms with E-state index in [1.165, 1.54) is 0 Å². The number of carbonyl (C=O) groups is 3. The van der Waals surface area contributed by atoms with Gasteiger partial charge < -0.3 is 14.4 Å². The van der Waals surface area contributed by atoms with E-state index in [-0.39, 0.29) is 36.8 Å². The van der Waals surface area contributed by atoms with Crippen LogP contribution >= 0.6 is 15.9 Å². The maximum Gasteiger partial charge on any atom is 0.261 e. The number of fused-ring (bicyclic) bond motifs is 2. The Bertz CT molecular complexity index is 1010. The number of para-hydroxylation sites is 2. The molecule has 2 aliphatic heterocycles. The molecular weight excluding hydrogens is 452 g/mol. The average molecular weight is 473 g/mol. The smallest absolute Gasteiger partial charge is 0.261 e. The fourth-order valence-corrected chi connectivity index (χ4v) is 4.00. The minimum atomic E-state index is -0.368. The van der Waals surface area contributed by atoms with Crippen molar-refractivity contribution in [2.45, 2.75) is 19.4 Å². The number of imide groups is 1. The number of rotatable bonds is 6. The summed E-state index contributed by atoms with van der Waals surface area (Å²) in [6.07, 6.45) is -0.217. The Morgan fingerprint density at radius 3 is 2.63 bits per heavy atom. The number of hydrogen-bond acceptors (Lipinski definition) is 5. The summed E-state index contributed by atoms with van der Waals surface area (Å²) >= 11 is 3.32. The number of likely N-dealkylation sites (N-methyl/N-ethyl adjacent to an activating group) is 1. The van der Waals surface area contributed by atoms with Gasteiger partial charge in [0, 0.05) is 24.0 Å². The molecule has 2 aromatic carbocycles. The van der Waals surface area contributed by atoms with Crippen LogP contribution in [0, 0.1) is 0 Å². The van der Waals surface area contributed by atoms with E-state index in [1.807, 2.05) is 31.2 Å². The topological polar surface area (TPSA) is 76.2 Å². The Balaban J connectivity index is 1.35. The standard InChI is InChI=1S/C22H21BrN2O5/c1-2-24(12-15-13-29-18-5-3-4-6-19(18)30-15)20(26)9-10-25-21(27)16-8-7-14(23)11-17(16)22(25)28/h3-8,11,15H,2,9-10,12-13H2,1H3. The Kier molecular flexibility index (Phi) is 5.76. The molecule has 2 aliphatic rings. The molecule has 0 N–H and O–H groups in total. The quantitative estimate of drug-likeness (QED) is 0.603. The van der Waals surface area contributed by atoms with E-state index in [4.69, 9.17) is 9.47 Å². The first-order chi connectivity index (χ1) is 14.5. The van der Waals surface area contributed by atoms with Gasteiger partial charge in [-0.15, -0.1) is 0 Å². The van der Waals surface area contributed by atoms with Crippen LogP contribution in [-0.4, -0.2) is 59.9 Å². The highest BCUT2D eigenvalue weighted by atomic mass is 79.9. The number of carbonyl (C=O) groups excluding carboxylic acids is 3. The van der Waals surface area contributed by atoms with Gasteiger partial charge in [-0.05, 0) is 37.3 Å². The molecule has 8 heteroatoms. The molecule has 4 rings (SSSR count). The summed E-state index contributed by atoms with van der Waals surface area (Å²) in [6.45, 7) is 3.15. The molecule has 0 saturated carbocycles. The summed E-state index contributed by atoms with van der Waals surface area (Å²) in [4.78, 5) is 40.7. The average Bonchev–Trinajstić information content (AvgIpc) is 2.99. The summed E-state index contributed by atoms with van der Waals surface area (Å²) in [5, 5.41) is 0. The van der Waals surface area contributed by atoms with Crippen LogP contribution in [0.5, 0.6) is 11.5 Å². The molecule has 3 amide bonds. The molecule has 0 spiro atoms. The van der Waals surface area contributed by atoms with Gasteiger partial charge in [-0.2, -0.15) is 0 Å². The molecule has 2 aromatic rings. The molecule has 0 saturated heterocycles. The van der Waals surface area contributed by atoms with Gasteiger partial charge in [0.1, 0.15) is 6.61 Å². The highest BCUT2D eigenvalue weighted by Crippen LogP contribution is 2.31. The maximum atomic E-state index is 12.8. The molecule has 0 aliphatic carbocycles. The minimum absolute atomic E-state index is 0.0458. The number of ether oxygens (including phenoxy) is 2. The normalized spacial score (nSPS) is 17.1. The molecule has 0 radical (unpaired) electrons. The molecule has 156 valence electrons. The van der Waals surface area contributed by atoms with Crippen molar-refractivity contribution in [2.75, 3.05) is 26.2 Å². The molecule has 1 atom stereocenters. The van der Waals surface area contributed by atoms with Crippen molar-refractivity contribution in [2.24, 2.45) is 0 Å². The fraction of sp³-hybridized carbons (Fsp3) is 0.318. The molecule has 0 bridgehead atoms. The second-order valence-electron chi connectivity index (χ2n) is 7.13. The second-order valence-corrected chi connectivity index (χ2v) is 8.05. The third-order valence-corrected chi connectivity index (χ3v) is 5.70. The summed E-state index contributed by atoms with van der Waals surface area (Å²) < 4.78 is 12.4. The highest BCUT2D eigenvalue weighted by Gasteiger charge is 2.36. The van der Waals surface area contributed by atoms with Crippen molar-refractivity contribution in [3.8, 4) is 11.5 Å². The van der Waals surface area contributed by atoms with Gasteiger partial charge in [0.2, 0.25) is 5.91 Å². The zero-order chi connectivity index (χ0) is 21.3. The first-order valence-electron chi connectivity index (χ1n) is 9.80. The summed E-state index contributed by atoms with van der Waals surface area (Å²) in [5.74, 6) is 0.485. The monoisotopic (exact) mass is 472 g/mol. The van der Waals surface area contributed by atoms with Crippen molar-refractivity contribution in [3.63, 3.8) is 0 Å². The second kappa shape index (κ2) is 8.47. The van der Waals surface area contributed by atoms with Crippen LogP contribution in [0.4, 0.5) is 0 Å². The van der Waals surface area contributed by atoms with E-state index in [0.29, 0.717) is 42.3 Å². The van der Waals surface area contributed by atoms with Gasteiger partial charge in [0.25, 0.3) is 11.8 Å². The van der Waals surface area contributed by atoms with Gasteiger partial charge in [0.05, 0.1) is 17.7 Å². The fourth-order valence-electron chi connectivity index (χ4n) is 3.64. The molecular formula is C22H21BrN2O5. The van der Waals surface area contributed by atoms with E-state index in [1.54, 1.807) is 23.1 Å². The third-order valence-electron chi connectivity index (χ3n) is 5.21. The lowest BCUT2D eigenvalue weighted by atomic mass is 10.1. The van der Waals surface area contributed by atoms with E-state index >= 15 is 0 Å². The Hall–Kier alpha value is -2.87. The zero-order valence-electron chi connectivity index (χ0n) is 16.5. The minimum Gasteiger partial charge on any atom is -0.486 e. The lowest BCUT2D eigenvalue weighted by Crippen LogP contribution is -2.44. The van der Waals surface area contributed by atoms with Crippen molar-refractivity contribution >= 4 is 33.7 Å². The third kappa shape index (κ3) is 3.92. The van der Waals surface area contributed by atoms with Gasteiger partial charge in [-0.25, -0.2) is 0 Å². The lowest BCUT2D eigenvalue weighted by molar-refractivity contribution is -0.132. The van der Waals surface area contributed by atoms with Crippen LogP contribution < -0.4 is 9.47 Å². The van der Waals surface area contributed by atoms with E-state index in [2.05, 4.69) is 15.9 Å². The van der Waals surface area contributed by atoms with Crippen LogP contribution in [0.3, 0.4) is 0 Å². The number of benzene rings is 2. The van der Waals surface area contributed by atoms with E-state index in [0.717, 1.165) is 9.37 Å². The Morgan fingerprint density at radius 1 is 1.13 bits per heavy atom. The molecule has 2 heterocycles. The molecule has 1 unspecified atom stereocenters. The van der Waals surface area contributed by atoms with Crippen LogP contribution in [0.15, 0.2) is 46.9 Å². The van der Waals surface area contributed by atoms with Crippen LogP contribution in [0.1, 0.15) is 34.1 Å². The van der Waals surface area contributed by atoms with Gasteiger partial charge in [0.15, 0.2) is 17.6 Å². The highest BCUT2D eigenvalue weighted by molar-refractivity contribution is 9.10. The number of hydrogen-bond donors (Lipinski definition) is 0. The lowest BCUT2D eigenvalue weighted by Gasteiger charge is -2.31. The molecule has 0 aromatic heterocycles. The zero-order valence-corrected chi connectivity index (χ0v) is 18.1.